The molecule has 0 bridgehead atoms. The lowest BCUT2D eigenvalue weighted by atomic mass is 10.4. The predicted octanol–water partition coefficient (Wildman–Crippen LogP) is 4.43. The molecule has 15 heavy (non-hydrogen) atoms. The number of hydrogen-bond donors (Lipinski definition) is 2. The molecule has 0 saturated carbocycles. The van der Waals surface area contributed by atoms with Crippen LogP contribution in [0.5, 0.6) is 0 Å². The minimum Gasteiger partial charge on any atom is -0.403 e. The van der Waals surface area contributed by atoms with Gasteiger partial charge < -0.3 is 11.5 Å². The average Bonchev–Trinajstić information content (AvgIpc) is 2.26. The molecule has 2 heteroatoms. The highest BCUT2D eigenvalue weighted by Gasteiger charge is 1.60. The highest BCUT2D eigenvalue weighted by atomic mass is 14.6. The van der Waals surface area contributed by atoms with E-state index in [-0.39, 0.29) is 0 Å². The first kappa shape index (κ1) is 29.2. The molecule has 0 atom stereocenters. The van der Waals surface area contributed by atoms with Gasteiger partial charge in [-0.15, -0.1) is 6.58 Å². The monoisotopic (exact) mass is 218 g/mol. The molecule has 0 fully saturated rings. The highest BCUT2D eigenvalue weighted by molar-refractivity contribution is 4.85. The van der Waals surface area contributed by atoms with E-state index in [0.717, 1.165) is 0 Å². The normalized spacial score (nSPS) is 6.87. The van der Waals surface area contributed by atoms with Crippen molar-refractivity contribution in [2.45, 2.75) is 62.3 Å². The molecule has 2 nitrogen and oxygen atoms in total. The Morgan fingerprint density at radius 1 is 0.867 bits per heavy atom. The lowest BCUT2D eigenvalue weighted by Gasteiger charge is -1.76. The van der Waals surface area contributed by atoms with E-state index in [1.165, 1.54) is 11.8 Å². The molecule has 4 N–H and O–H groups in total. The maximum Gasteiger partial charge on any atom is 0.0206 e. The lowest BCUT2D eigenvalue weighted by Crippen LogP contribution is -1.93. The molecule has 0 aromatic rings. The zero-order valence-corrected chi connectivity index (χ0v) is 12.4. The second-order valence-corrected chi connectivity index (χ2v) is 2.12. The van der Waals surface area contributed by atoms with E-state index >= 15 is 0 Å². The molecule has 0 aliphatic heterocycles. The van der Waals surface area contributed by atoms with Crippen LogP contribution in [-0.2, 0) is 0 Å². The van der Waals surface area contributed by atoms with Crippen molar-refractivity contribution < 1.29 is 0 Å². The maximum atomic E-state index is 5.03. The van der Waals surface area contributed by atoms with E-state index in [0.29, 0.717) is 5.70 Å². The van der Waals surface area contributed by atoms with Gasteiger partial charge in [0, 0.05) is 11.9 Å². The fourth-order valence-corrected chi connectivity index (χ4v) is 0. The Morgan fingerprint density at radius 3 is 0.933 bits per heavy atom. The zero-order valence-electron chi connectivity index (χ0n) is 12.4. The number of rotatable bonds is 0. The number of allylic oxidation sites excluding steroid dienone is 2. The van der Waals surface area contributed by atoms with Crippen molar-refractivity contribution in [3.05, 3.63) is 24.0 Å². The topological polar surface area (TPSA) is 52.0 Å². The third-order valence-corrected chi connectivity index (χ3v) is 0.263. The average molecular weight is 218 g/mol. The summed E-state index contributed by atoms with van der Waals surface area (Å²) in [5, 5.41) is 0. The molecule has 0 saturated heterocycles. The van der Waals surface area contributed by atoms with Crippen molar-refractivity contribution in [1.29, 1.82) is 0 Å². The molecule has 0 aliphatic rings. The van der Waals surface area contributed by atoms with Crippen LogP contribution >= 0.6 is 0 Å². The molecular formula is C13H34N2. The van der Waals surface area contributed by atoms with Crippen LogP contribution in [0.1, 0.15) is 62.3 Å². The molecular weight excluding hydrogens is 184 g/mol. The summed E-state index contributed by atoms with van der Waals surface area (Å²) in [6, 6.07) is 0. The van der Waals surface area contributed by atoms with Crippen LogP contribution in [0.15, 0.2) is 24.0 Å². The molecule has 0 amide bonds. The Balaban J connectivity index is -0.0000000301. The first-order valence-electron chi connectivity index (χ1n) is 5.76. The van der Waals surface area contributed by atoms with Crippen LogP contribution in [0.2, 0.25) is 0 Å². The summed E-state index contributed by atoms with van der Waals surface area (Å²) in [5.74, 6) is 0. The molecule has 0 rings (SSSR count). The number of nitrogens with two attached hydrogens (primary N) is 2. The van der Waals surface area contributed by atoms with Crippen LogP contribution in [0.4, 0.5) is 0 Å². The second kappa shape index (κ2) is 51.6. The summed E-state index contributed by atoms with van der Waals surface area (Å²) in [5.41, 5.74) is 11.7. The third-order valence-electron chi connectivity index (χ3n) is 0.263. The quantitative estimate of drug-likeness (QED) is 0.591. The highest BCUT2D eigenvalue weighted by Crippen LogP contribution is 1.73. The smallest absolute Gasteiger partial charge is 0.0206 e. The van der Waals surface area contributed by atoms with Gasteiger partial charge >= 0.3 is 0 Å². The summed E-state index contributed by atoms with van der Waals surface area (Å²) in [4.78, 5) is 0. The zero-order chi connectivity index (χ0) is 13.9. The van der Waals surface area contributed by atoms with Gasteiger partial charge in [-0.05, 0) is 20.8 Å². The van der Waals surface area contributed by atoms with E-state index in [4.69, 9.17) is 11.5 Å². The summed E-state index contributed by atoms with van der Waals surface area (Å²) < 4.78 is 0. The second-order valence-electron chi connectivity index (χ2n) is 2.12. The van der Waals surface area contributed by atoms with Gasteiger partial charge in [0.2, 0.25) is 0 Å². The van der Waals surface area contributed by atoms with Crippen LogP contribution in [0.25, 0.3) is 0 Å². The van der Waals surface area contributed by atoms with E-state index in [1.54, 1.807) is 6.92 Å². The molecule has 0 aromatic carbocycles. The van der Waals surface area contributed by atoms with Gasteiger partial charge in [0.25, 0.3) is 0 Å². The van der Waals surface area contributed by atoms with Gasteiger partial charge in [-0.1, -0.05) is 47.1 Å². The van der Waals surface area contributed by atoms with Crippen molar-refractivity contribution in [3.8, 4) is 0 Å². The van der Waals surface area contributed by atoms with Crippen LogP contribution in [0, 0.1) is 0 Å². The van der Waals surface area contributed by atoms with Crippen molar-refractivity contribution in [1.82, 2.24) is 0 Å². The standard InChI is InChI=1S/C4H8.C3H8N2.3C2H6/c1-4(2)3;1-3(5)2-4;3*1-2/h1H2,2-3H3;2H,4-5H2,1H3;3*1-2H3/b;3-2-;;;. The largest absolute Gasteiger partial charge is 0.403 e. The van der Waals surface area contributed by atoms with Gasteiger partial charge in [0.05, 0.1) is 0 Å². The summed E-state index contributed by atoms with van der Waals surface area (Å²) in [6.07, 6.45) is 1.36. The van der Waals surface area contributed by atoms with Crippen LogP contribution < -0.4 is 11.5 Å². The lowest BCUT2D eigenvalue weighted by molar-refractivity contribution is 1.28. The Hall–Kier alpha value is -0.920. The van der Waals surface area contributed by atoms with E-state index in [2.05, 4.69) is 6.58 Å². The summed E-state index contributed by atoms with van der Waals surface area (Å²) >= 11 is 0. The summed E-state index contributed by atoms with van der Waals surface area (Å²) in [6.45, 7) is 21.2. The first-order valence-corrected chi connectivity index (χ1v) is 5.76. The molecule has 0 spiro atoms. The van der Waals surface area contributed by atoms with Gasteiger partial charge in [0.1, 0.15) is 0 Å². The fourth-order valence-electron chi connectivity index (χ4n) is 0. The Kier molecular flexibility index (Phi) is 101. The SMILES string of the molecule is C/C(N)=C/N.C=C(C)C.CC.CC.CC. The van der Waals surface area contributed by atoms with E-state index < -0.39 is 0 Å². The van der Waals surface area contributed by atoms with Gasteiger partial charge in [0.15, 0.2) is 0 Å². The number of hydrogen-bond acceptors (Lipinski definition) is 2. The van der Waals surface area contributed by atoms with Gasteiger partial charge in [-0.2, -0.15) is 0 Å². The Morgan fingerprint density at radius 2 is 0.933 bits per heavy atom. The Bertz CT molecular complexity index is 97.1. The van der Waals surface area contributed by atoms with Crippen molar-refractivity contribution in [2.24, 2.45) is 11.5 Å². The first-order chi connectivity index (χ1) is 7.00. The minimum absolute atomic E-state index is 0.657. The molecule has 0 heterocycles. The van der Waals surface area contributed by atoms with Crippen molar-refractivity contribution >= 4 is 0 Å². The molecule has 0 radical (unpaired) electrons. The van der Waals surface area contributed by atoms with Crippen LogP contribution in [-0.4, -0.2) is 0 Å². The van der Waals surface area contributed by atoms with E-state index in [9.17, 15) is 0 Å². The fraction of sp³-hybridized carbons (Fsp3) is 0.692. The summed E-state index contributed by atoms with van der Waals surface area (Å²) in [7, 11) is 0. The molecule has 0 aliphatic carbocycles. The van der Waals surface area contributed by atoms with Crippen molar-refractivity contribution in [2.75, 3.05) is 0 Å². The van der Waals surface area contributed by atoms with Gasteiger partial charge in [-0.3, -0.25) is 0 Å². The Labute approximate surface area is 98.4 Å². The van der Waals surface area contributed by atoms with E-state index in [1.807, 2.05) is 55.4 Å². The molecule has 0 aromatic heterocycles. The molecule has 96 valence electrons. The van der Waals surface area contributed by atoms with Gasteiger partial charge in [-0.25, -0.2) is 0 Å². The van der Waals surface area contributed by atoms with Crippen LogP contribution in [0.3, 0.4) is 0 Å². The molecule has 0 unspecified atom stereocenters. The minimum atomic E-state index is 0.657. The predicted molar refractivity (Wildman–Crippen MR) is 76.7 cm³/mol. The maximum absolute atomic E-state index is 5.03. The third kappa shape index (κ3) is 1380. The van der Waals surface area contributed by atoms with Crippen molar-refractivity contribution in [3.63, 3.8) is 0 Å².